The van der Waals surface area contributed by atoms with Gasteiger partial charge in [0.1, 0.15) is 5.82 Å². The van der Waals surface area contributed by atoms with Crippen molar-refractivity contribution >= 4 is 37.5 Å². The third kappa shape index (κ3) is 3.64. The maximum Gasteiger partial charge on any atom is 0.256 e. The normalized spacial score (nSPS) is 11.1. The van der Waals surface area contributed by atoms with E-state index in [2.05, 4.69) is 26.2 Å². The van der Waals surface area contributed by atoms with Crippen LogP contribution < -0.4 is 5.32 Å². The van der Waals surface area contributed by atoms with Crippen molar-refractivity contribution in [1.82, 2.24) is 4.98 Å². The molecule has 20 heavy (non-hydrogen) atoms. The molecule has 0 spiro atoms. The second-order valence-corrected chi connectivity index (χ2v) is 7.04. The van der Waals surface area contributed by atoms with Crippen LogP contribution in [0.3, 0.4) is 0 Å². The van der Waals surface area contributed by atoms with Gasteiger partial charge in [0, 0.05) is 22.5 Å². The summed E-state index contributed by atoms with van der Waals surface area (Å²) >= 11 is 3.25. The van der Waals surface area contributed by atoms with E-state index in [9.17, 15) is 13.2 Å². The molecule has 0 aliphatic carbocycles. The molecule has 0 saturated carbocycles. The first-order chi connectivity index (χ1) is 9.36. The first-order valence-electron chi connectivity index (χ1n) is 5.59. The fourth-order valence-electron chi connectivity index (χ4n) is 1.49. The Kier molecular flexibility index (Phi) is 4.20. The van der Waals surface area contributed by atoms with Crippen molar-refractivity contribution < 1.29 is 13.2 Å². The quantitative estimate of drug-likeness (QED) is 0.918. The Hall–Kier alpha value is -1.73. The van der Waals surface area contributed by atoms with E-state index in [-0.39, 0.29) is 10.8 Å². The van der Waals surface area contributed by atoms with Gasteiger partial charge in [-0.1, -0.05) is 0 Å². The van der Waals surface area contributed by atoms with Crippen molar-refractivity contribution in [2.24, 2.45) is 0 Å². The summed E-state index contributed by atoms with van der Waals surface area (Å²) in [5, 5.41) is 2.62. The highest BCUT2D eigenvalue weighted by molar-refractivity contribution is 9.10. The second kappa shape index (κ2) is 5.72. The number of nitrogens with one attached hydrogen (secondary N) is 1. The molecule has 1 aromatic carbocycles. The smallest absolute Gasteiger partial charge is 0.256 e. The maximum absolute atomic E-state index is 11.9. The van der Waals surface area contributed by atoms with E-state index in [4.69, 9.17) is 0 Å². The highest BCUT2D eigenvalue weighted by Gasteiger charge is 2.10. The number of pyridine rings is 1. The molecular weight excluding hydrogens is 344 g/mol. The van der Waals surface area contributed by atoms with Gasteiger partial charge in [0.15, 0.2) is 9.84 Å². The molecule has 0 aliphatic heterocycles. The van der Waals surface area contributed by atoms with Gasteiger partial charge in [-0.3, -0.25) is 4.79 Å². The van der Waals surface area contributed by atoms with Crippen molar-refractivity contribution in [3.05, 3.63) is 52.6 Å². The molecule has 0 unspecified atom stereocenters. The number of sulfone groups is 1. The van der Waals surface area contributed by atoms with Crippen LogP contribution in [-0.2, 0) is 9.84 Å². The van der Waals surface area contributed by atoms with Crippen molar-refractivity contribution in [3.8, 4) is 0 Å². The lowest BCUT2D eigenvalue weighted by atomic mass is 10.2. The van der Waals surface area contributed by atoms with E-state index in [0.29, 0.717) is 11.4 Å². The summed E-state index contributed by atoms with van der Waals surface area (Å²) in [6.07, 6.45) is 2.69. The number of benzene rings is 1. The lowest BCUT2D eigenvalue weighted by Crippen LogP contribution is -2.13. The summed E-state index contributed by atoms with van der Waals surface area (Å²) in [6.45, 7) is 0. The molecule has 2 aromatic rings. The molecular formula is C13H11BrN2O3S. The number of carbonyl (C=O) groups is 1. The van der Waals surface area contributed by atoms with Gasteiger partial charge in [0.25, 0.3) is 5.91 Å². The number of anilines is 1. The Bertz CT molecular complexity index is 725. The van der Waals surface area contributed by atoms with Crippen LogP contribution >= 0.6 is 15.9 Å². The summed E-state index contributed by atoms with van der Waals surface area (Å²) in [6, 6.07) is 9.15. The fraction of sp³-hybridized carbons (Fsp3) is 0.0769. The third-order valence-electron chi connectivity index (χ3n) is 2.51. The zero-order chi connectivity index (χ0) is 14.8. The number of hydrogen-bond acceptors (Lipinski definition) is 4. The first kappa shape index (κ1) is 14.7. The van der Waals surface area contributed by atoms with E-state index < -0.39 is 9.84 Å². The monoisotopic (exact) mass is 354 g/mol. The highest BCUT2D eigenvalue weighted by atomic mass is 79.9. The average molecular weight is 355 g/mol. The molecule has 0 bridgehead atoms. The van der Waals surface area contributed by atoms with Crippen LogP contribution in [0.5, 0.6) is 0 Å². The molecule has 0 radical (unpaired) electrons. The molecule has 1 aromatic heterocycles. The van der Waals surface area contributed by atoms with Crippen LogP contribution in [0, 0.1) is 0 Å². The number of hydrogen-bond donors (Lipinski definition) is 1. The Morgan fingerprint density at radius 1 is 1.15 bits per heavy atom. The fourth-order valence-corrected chi connectivity index (χ4v) is 2.36. The van der Waals surface area contributed by atoms with Gasteiger partial charge in [-0.05, 0) is 52.3 Å². The SMILES string of the molecule is CS(=O)(=O)c1ccc(C(=O)Nc2ccc(Br)cn2)cc1. The molecule has 1 amide bonds. The van der Waals surface area contributed by atoms with Gasteiger partial charge >= 0.3 is 0 Å². The predicted molar refractivity (Wildman–Crippen MR) is 79.4 cm³/mol. The number of aromatic nitrogens is 1. The Morgan fingerprint density at radius 3 is 2.30 bits per heavy atom. The van der Waals surface area contributed by atoms with Crippen LogP contribution in [0.1, 0.15) is 10.4 Å². The van der Waals surface area contributed by atoms with Gasteiger partial charge in [0.2, 0.25) is 0 Å². The van der Waals surface area contributed by atoms with Crippen molar-refractivity contribution in [2.75, 3.05) is 11.6 Å². The number of amides is 1. The third-order valence-corrected chi connectivity index (χ3v) is 4.11. The Morgan fingerprint density at radius 2 is 1.80 bits per heavy atom. The highest BCUT2D eigenvalue weighted by Crippen LogP contribution is 2.13. The van der Waals surface area contributed by atoms with Crippen LogP contribution in [0.25, 0.3) is 0 Å². The van der Waals surface area contributed by atoms with Crippen molar-refractivity contribution in [2.45, 2.75) is 4.90 Å². The minimum Gasteiger partial charge on any atom is -0.307 e. The van der Waals surface area contributed by atoms with Gasteiger partial charge in [-0.15, -0.1) is 0 Å². The summed E-state index contributed by atoms with van der Waals surface area (Å²) < 4.78 is 23.5. The van der Waals surface area contributed by atoms with Gasteiger partial charge in [-0.2, -0.15) is 0 Å². The summed E-state index contributed by atoms with van der Waals surface area (Å²) in [4.78, 5) is 16.2. The molecule has 5 nitrogen and oxygen atoms in total. The Balaban J connectivity index is 2.15. The number of rotatable bonds is 3. The van der Waals surface area contributed by atoms with Crippen molar-refractivity contribution in [1.29, 1.82) is 0 Å². The average Bonchev–Trinajstić information content (AvgIpc) is 2.40. The molecule has 0 atom stereocenters. The maximum atomic E-state index is 11.9. The van der Waals surface area contributed by atoms with E-state index >= 15 is 0 Å². The second-order valence-electron chi connectivity index (χ2n) is 4.11. The lowest BCUT2D eigenvalue weighted by Gasteiger charge is -2.05. The zero-order valence-electron chi connectivity index (χ0n) is 10.5. The summed E-state index contributed by atoms with van der Waals surface area (Å²) in [5.41, 5.74) is 0.363. The summed E-state index contributed by atoms with van der Waals surface area (Å²) in [5.74, 6) is 0.0743. The largest absolute Gasteiger partial charge is 0.307 e. The molecule has 0 fully saturated rings. The minimum atomic E-state index is -3.26. The zero-order valence-corrected chi connectivity index (χ0v) is 12.9. The van der Waals surface area contributed by atoms with E-state index in [0.717, 1.165) is 10.7 Å². The van der Waals surface area contributed by atoms with Gasteiger partial charge in [-0.25, -0.2) is 13.4 Å². The number of halogens is 1. The Labute approximate surface area is 125 Å². The van der Waals surface area contributed by atoms with Gasteiger partial charge < -0.3 is 5.32 Å². The molecule has 0 aliphatic rings. The summed E-state index contributed by atoms with van der Waals surface area (Å²) in [7, 11) is -3.26. The molecule has 0 saturated heterocycles. The van der Waals surface area contributed by atoms with Crippen LogP contribution in [0.4, 0.5) is 5.82 Å². The standard InChI is InChI=1S/C13H11BrN2O3S/c1-20(18,19)11-5-2-9(3-6-11)13(17)16-12-7-4-10(14)8-15-12/h2-8H,1H3,(H,15,16,17). The minimum absolute atomic E-state index is 0.177. The lowest BCUT2D eigenvalue weighted by molar-refractivity contribution is 0.102. The predicted octanol–water partition coefficient (Wildman–Crippen LogP) is 2.50. The number of carbonyl (C=O) groups excluding carboxylic acids is 1. The van der Waals surface area contributed by atoms with Crippen molar-refractivity contribution in [3.63, 3.8) is 0 Å². The molecule has 7 heteroatoms. The van der Waals surface area contributed by atoms with E-state index in [1.165, 1.54) is 24.3 Å². The van der Waals surface area contributed by atoms with E-state index in [1.54, 1.807) is 18.3 Å². The topological polar surface area (TPSA) is 76.1 Å². The van der Waals surface area contributed by atoms with Crippen LogP contribution in [-0.4, -0.2) is 25.6 Å². The van der Waals surface area contributed by atoms with Crippen LogP contribution in [0.2, 0.25) is 0 Å². The number of nitrogens with zero attached hydrogens (tertiary/aromatic N) is 1. The molecule has 1 heterocycles. The first-order valence-corrected chi connectivity index (χ1v) is 8.28. The molecule has 2 rings (SSSR count). The molecule has 104 valence electrons. The van der Waals surface area contributed by atoms with E-state index in [1.807, 2.05) is 0 Å². The van der Waals surface area contributed by atoms with Gasteiger partial charge in [0.05, 0.1) is 4.90 Å². The van der Waals surface area contributed by atoms with Crippen LogP contribution in [0.15, 0.2) is 52.0 Å². The molecule has 1 N–H and O–H groups in total.